The highest BCUT2D eigenvalue weighted by Crippen LogP contribution is 2.34. The third-order valence-corrected chi connectivity index (χ3v) is 8.06. The maximum atomic E-state index is 12.3. The van der Waals surface area contributed by atoms with E-state index in [4.69, 9.17) is 5.73 Å². The molecule has 3 aliphatic rings. The summed E-state index contributed by atoms with van der Waals surface area (Å²) >= 11 is 0. The van der Waals surface area contributed by atoms with Gasteiger partial charge in [0, 0.05) is 58.1 Å². The van der Waals surface area contributed by atoms with E-state index in [1.54, 1.807) is 0 Å². The predicted octanol–water partition coefficient (Wildman–Crippen LogP) is 4.06. The van der Waals surface area contributed by atoms with Gasteiger partial charge in [0.15, 0.2) is 0 Å². The maximum absolute atomic E-state index is 12.3. The maximum Gasteiger partial charge on any atom is 0.222 e. The molecule has 1 unspecified atom stereocenters. The molecule has 1 saturated carbocycles. The van der Waals surface area contributed by atoms with Crippen LogP contribution < -0.4 is 11.1 Å². The molecule has 1 atom stereocenters. The minimum absolute atomic E-state index is 0.219. The first-order chi connectivity index (χ1) is 18.1. The van der Waals surface area contributed by atoms with Gasteiger partial charge in [0.2, 0.25) is 5.95 Å². The molecule has 8 nitrogen and oxygen atoms in total. The lowest BCUT2D eigenvalue weighted by molar-refractivity contribution is -0.112. The van der Waals surface area contributed by atoms with Gasteiger partial charge in [0.05, 0.1) is 11.3 Å². The second-order valence-electron chi connectivity index (χ2n) is 10.6. The Balaban J connectivity index is 1.20. The van der Waals surface area contributed by atoms with Crippen molar-refractivity contribution in [3.05, 3.63) is 52.8 Å². The van der Waals surface area contributed by atoms with Gasteiger partial charge in [-0.2, -0.15) is 4.98 Å². The number of rotatable bonds is 10. The average Bonchev–Trinajstić information content (AvgIpc) is 3.45. The first-order valence-corrected chi connectivity index (χ1v) is 14.0. The Labute approximate surface area is 220 Å². The summed E-state index contributed by atoms with van der Waals surface area (Å²) in [6.45, 7) is 9.26. The Bertz CT molecular complexity index is 1070. The number of nitrogens with zero attached hydrogens (tertiary/aromatic N) is 5. The Morgan fingerprint density at radius 2 is 1.73 bits per heavy atom. The van der Waals surface area contributed by atoms with Crippen molar-refractivity contribution < 1.29 is 4.79 Å². The van der Waals surface area contributed by atoms with E-state index < -0.39 is 6.04 Å². The van der Waals surface area contributed by atoms with Crippen LogP contribution in [-0.4, -0.2) is 69.7 Å². The van der Waals surface area contributed by atoms with Crippen molar-refractivity contribution in [2.24, 2.45) is 0 Å². The van der Waals surface area contributed by atoms with Crippen molar-refractivity contribution in [2.75, 3.05) is 43.8 Å². The van der Waals surface area contributed by atoms with E-state index in [-0.39, 0.29) is 5.95 Å². The van der Waals surface area contributed by atoms with Crippen LogP contribution in [0.1, 0.15) is 73.9 Å². The summed E-state index contributed by atoms with van der Waals surface area (Å²) in [7, 11) is 0. The topological polar surface area (TPSA) is 90.6 Å². The normalized spacial score (nSPS) is 20.8. The van der Waals surface area contributed by atoms with Crippen LogP contribution in [0, 0.1) is 0 Å². The summed E-state index contributed by atoms with van der Waals surface area (Å²) < 4.78 is 0. The molecule has 0 spiro atoms. The molecule has 1 aliphatic carbocycles. The Hall–Kier alpha value is -2.97. The Kier molecular flexibility index (Phi) is 8.36. The average molecular weight is 504 g/mol. The zero-order chi connectivity index (χ0) is 25.6. The SMILES string of the molecule is CCCCNc1nc(N)nc2c1C(C=O)N(Cc1ccc(CN3CCN(C4CCCC4)CC3)cc1)C=C2. The number of nitrogen functional groups attached to an aromatic ring is 1. The fourth-order valence-corrected chi connectivity index (χ4v) is 5.94. The van der Waals surface area contributed by atoms with Crippen molar-refractivity contribution in [3.63, 3.8) is 0 Å². The van der Waals surface area contributed by atoms with Crippen molar-refractivity contribution in [2.45, 2.75) is 70.6 Å². The summed E-state index contributed by atoms with van der Waals surface area (Å²) in [6, 6.07) is 9.22. The van der Waals surface area contributed by atoms with Gasteiger partial charge in [0.25, 0.3) is 0 Å². The molecule has 198 valence electrons. The second-order valence-corrected chi connectivity index (χ2v) is 10.6. The molecule has 37 heavy (non-hydrogen) atoms. The standard InChI is InChI=1S/C29H41N7O/c1-2-3-13-31-28-27-25(32-29(30)33-28)12-14-36(26(27)21-37)20-23-10-8-22(9-11-23)19-34-15-17-35(18-16-34)24-6-4-5-7-24/h8-12,14,21,24,26H,2-7,13,15-20H2,1H3,(H3,30,31,32,33). The zero-order valence-corrected chi connectivity index (χ0v) is 22.1. The molecular weight excluding hydrogens is 462 g/mol. The van der Waals surface area contributed by atoms with E-state index in [1.165, 1.54) is 49.9 Å². The number of fused-ring (bicyclic) bond motifs is 1. The van der Waals surface area contributed by atoms with Crippen LogP contribution in [0.2, 0.25) is 0 Å². The number of unbranched alkanes of at least 4 members (excludes halogenated alkanes) is 1. The molecule has 3 N–H and O–H groups in total. The van der Waals surface area contributed by atoms with Crippen LogP contribution in [-0.2, 0) is 17.9 Å². The smallest absolute Gasteiger partial charge is 0.222 e. The van der Waals surface area contributed by atoms with Crippen LogP contribution in [0.15, 0.2) is 30.5 Å². The molecule has 3 heterocycles. The van der Waals surface area contributed by atoms with Crippen LogP contribution in [0.5, 0.6) is 0 Å². The molecule has 0 amide bonds. The molecule has 1 saturated heterocycles. The van der Waals surface area contributed by atoms with E-state index >= 15 is 0 Å². The van der Waals surface area contributed by atoms with Gasteiger partial charge < -0.3 is 20.7 Å². The molecule has 5 rings (SSSR count). The van der Waals surface area contributed by atoms with Gasteiger partial charge in [-0.1, -0.05) is 50.5 Å². The lowest BCUT2D eigenvalue weighted by Crippen LogP contribution is -2.49. The van der Waals surface area contributed by atoms with Crippen molar-refractivity contribution >= 4 is 24.1 Å². The van der Waals surface area contributed by atoms with E-state index in [0.29, 0.717) is 18.1 Å². The molecule has 1 aromatic carbocycles. The number of piperazine rings is 1. The molecule has 8 heteroatoms. The number of carbonyl (C=O) groups excluding carboxylic acids is 1. The molecule has 2 fully saturated rings. The third-order valence-electron chi connectivity index (χ3n) is 8.06. The largest absolute Gasteiger partial charge is 0.370 e. The molecule has 2 aromatic rings. The number of anilines is 2. The first kappa shape index (κ1) is 25.7. The lowest BCUT2D eigenvalue weighted by Gasteiger charge is -2.38. The molecule has 0 bridgehead atoms. The minimum atomic E-state index is -0.458. The number of aromatic nitrogens is 2. The number of hydrogen-bond acceptors (Lipinski definition) is 8. The zero-order valence-electron chi connectivity index (χ0n) is 22.1. The highest BCUT2D eigenvalue weighted by Gasteiger charge is 2.29. The van der Waals surface area contributed by atoms with Crippen LogP contribution in [0.4, 0.5) is 11.8 Å². The monoisotopic (exact) mass is 503 g/mol. The van der Waals surface area contributed by atoms with Gasteiger partial charge in [-0.3, -0.25) is 9.80 Å². The first-order valence-electron chi connectivity index (χ1n) is 14.0. The van der Waals surface area contributed by atoms with Gasteiger partial charge in [-0.25, -0.2) is 4.98 Å². The van der Waals surface area contributed by atoms with Crippen molar-refractivity contribution in [3.8, 4) is 0 Å². The number of aldehydes is 1. The lowest BCUT2D eigenvalue weighted by atomic mass is 10.0. The van der Waals surface area contributed by atoms with E-state index in [1.807, 2.05) is 12.3 Å². The number of benzene rings is 1. The quantitative estimate of drug-likeness (QED) is 0.371. The van der Waals surface area contributed by atoms with Gasteiger partial charge in [0.1, 0.15) is 18.1 Å². The summed E-state index contributed by atoms with van der Waals surface area (Å²) in [5.41, 5.74) is 9.97. The van der Waals surface area contributed by atoms with Gasteiger partial charge in [-0.05, 0) is 36.5 Å². The predicted molar refractivity (Wildman–Crippen MR) is 149 cm³/mol. The Morgan fingerprint density at radius 3 is 2.41 bits per heavy atom. The van der Waals surface area contributed by atoms with Gasteiger partial charge in [-0.15, -0.1) is 0 Å². The molecule has 1 aromatic heterocycles. The number of nitrogens with one attached hydrogen (secondary N) is 1. The summed E-state index contributed by atoms with van der Waals surface area (Å²) in [6.07, 6.45) is 12.5. The molecule has 0 radical (unpaired) electrons. The minimum Gasteiger partial charge on any atom is -0.370 e. The third kappa shape index (κ3) is 6.13. The van der Waals surface area contributed by atoms with Crippen LogP contribution in [0.3, 0.4) is 0 Å². The van der Waals surface area contributed by atoms with E-state index in [9.17, 15) is 4.79 Å². The number of hydrogen-bond donors (Lipinski definition) is 2. The number of carbonyl (C=O) groups is 1. The van der Waals surface area contributed by atoms with Crippen molar-refractivity contribution in [1.82, 2.24) is 24.7 Å². The fourth-order valence-electron chi connectivity index (χ4n) is 5.94. The second kappa shape index (κ2) is 12.0. The summed E-state index contributed by atoms with van der Waals surface area (Å²) in [4.78, 5) is 28.4. The molecular formula is C29H41N7O. The highest BCUT2D eigenvalue weighted by molar-refractivity contribution is 5.74. The highest BCUT2D eigenvalue weighted by atomic mass is 16.1. The van der Waals surface area contributed by atoms with E-state index in [0.717, 1.165) is 56.9 Å². The van der Waals surface area contributed by atoms with Gasteiger partial charge >= 0.3 is 0 Å². The van der Waals surface area contributed by atoms with Crippen molar-refractivity contribution in [1.29, 1.82) is 0 Å². The summed E-state index contributed by atoms with van der Waals surface area (Å²) in [5.74, 6) is 0.877. The fraction of sp³-hybridized carbons (Fsp3) is 0.552. The van der Waals surface area contributed by atoms with Crippen LogP contribution in [0.25, 0.3) is 6.08 Å². The molecule has 2 aliphatic heterocycles. The Morgan fingerprint density at radius 1 is 1.03 bits per heavy atom. The number of nitrogens with two attached hydrogens (primary N) is 1. The van der Waals surface area contributed by atoms with E-state index in [2.05, 4.69) is 61.2 Å². The van der Waals surface area contributed by atoms with Crippen LogP contribution >= 0.6 is 0 Å². The summed E-state index contributed by atoms with van der Waals surface area (Å²) in [5, 5.41) is 3.37.